The fourth-order valence-corrected chi connectivity index (χ4v) is 3.24. The number of hydrogen-bond acceptors (Lipinski definition) is 2. The summed E-state index contributed by atoms with van der Waals surface area (Å²) >= 11 is 0. The molecule has 100 valence electrons. The molecule has 0 unspecified atom stereocenters. The Bertz CT molecular complexity index is 1150. The minimum absolute atomic E-state index is 0.916. The minimum Gasteiger partial charge on any atom is -0.461 e. The van der Waals surface area contributed by atoms with Crippen LogP contribution in [0.5, 0.6) is 0 Å². The zero-order chi connectivity index (χ0) is 14.0. The van der Waals surface area contributed by atoms with Gasteiger partial charge in [-0.25, -0.2) is 4.52 Å². The average molecular weight is 272 g/mol. The highest BCUT2D eigenvalue weighted by Crippen LogP contribution is 2.37. The Morgan fingerprint density at radius 1 is 0.952 bits per heavy atom. The molecule has 2 aromatic carbocycles. The average Bonchev–Trinajstić information content (AvgIpc) is 3.08. The third kappa shape index (κ3) is 1.30. The van der Waals surface area contributed by atoms with E-state index in [1.807, 2.05) is 23.7 Å². The van der Waals surface area contributed by atoms with Crippen molar-refractivity contribution in [2.24, 2.45) is 0 Å². The van der Waals surface area contributed by atoms with Crippen LogP contribution < -0.4 is 0 Å². The highest BCUT2D eigenvalue weighted by molar-refractivity contribution is 6.26. The first-order valence-corrected chi connectivity index (χ1v) is 7.01. The summed E-state index contributed by atoms with van der Waals surface area (Å²) < 4.78 is 7.88. The summed E-state index contributed by atoms with van der Waals surface area (Å²) in [5.74, 6) is 0.916. The Labute approximate surface area is 120 Å². The van der Waals surface area contributed by atoms with Crippen LogP contribution in [0.1, 0.15) is 5.76 Å². The lowest BCUT2D eigenvalue weighted by Gasteiger charge is -2.01. The first kappa shape index (κ1) is 10.9. The van der Waals surface area contributed by atoms with Gasteiger partial charge in [0.15, 0.2) is 0 Å². The SMILES string of the molecule is Cc1cc2c3nn4ccccc4c3c3ccccc3c2o1. The summed E-state index contributed by atoms with van der Waals surface area (Å²) in [5, 5.41) is 9.38. The molecule has 0 spiro atoms. The zero-order valence-electron chi connectivity index (χ0n) is 11.5. The van der Waals surface area contributed by atoms with Crippen LogP contribution in [-0.2, 0) is 0 Å². The van der Waals surface area contributed by atoms with Gasteiger partial charge in [0.1, 0.15) is 16.9 Å². The van der Waals surface area contributed by atoms with E-state index in [4.69, 9.17) is 9.52 Å². The summed E-state index contributed by atoms with van der Waals surface area (Å²) in [7, 11) is 0. The molecule has 21 heavy (non-hydrogen) atoms. The molecule has 5 rings (SSSR count). The molecule has 5 aromatic rings. The number of furan rings is 1. The predicted octanol–water partition coefficient (Wildman–Crippen LogP) is 4.70. The first-order valence-electron chi connectivity index (χ1n) is 7.01. The van der Waals surface area contributed by atoms with Gasteiger partial charge >= 0.3 is 0 Å². The minimum atomic E-state index is 0.916. The van der Waals surface area contributed by atoms with Gasteiger partial charge in [0.25, 0.3) is 0 Å². The highest BCUT2D eigenvalue weighted by Gasteiger charge is 2.16. The Hall–Kier alpha value is -2.81. The Morgan fingerprint density at radius 2 is 1.76 bits per heavy atom. The van der Waals surface area contributed by atoms with Gasteiger partial charge in [0, 0.05) is 22.4 Å². The van der Waals surface area contributed by atoms with Crippen LogP contribution in [0.2, 0.25) is 0 Å². The first-order chi connectivity index (χ1) is 10.3. The van der Waals surface area contributed by atoms with Gasteiger partial charge in [-0.05, 0) is 30.5 Å². The largest absolute Gasteiger partial charge is 0.461 e. The van der Waals surface area contributed by atoms with Gasteiger partial charge in [-0.2, -0.15) is 5.10 Å². The maximum absolute atomic E-state index is 5.94. The number of fused-ring (bicyclic) bond motifs is 8. The molecule has 3 nitrogen and oxygen atoms in total. The summed E-state index contributed by atoms with van der Waals surface area (Å²) in [5.41, 5.74) is 3.07. The van der Waals surface area contributed by atoms with E-state index in [9.17, 15) is 0 Å². The smallest absolute Gasteiger partial charge is 0.144 e. The second-order valence-electron chi connectivity index (χ2n) is 5.40. The van der Waals surface area contributed by atoms with Crippen molar-refractivity contribution in [1.29, 1.82) is 0 Å². The lowest BCUT2D eigenvalue weighted by molar-refractivity contribution is 0.581. The molecule has 0 amide bonds. The van der Waals surface area contributed by atoms with E-state index in [-0.39, 0.29) is 0 Å². The van der Waals surface area contributed by atoms with Gasteiger partial charge in [0.05, 0.1) is 5.52 Å². The normalized spacial score (nSPS) is 12.0. The number of pyridine rings is 1. The molecule has 0 N–H and O–H groups in total. The lowest BCUT2D eigenvalue weighted by Crippen LogP contribution is -1.82. The molecule has 0 radical (unpaired) electrons. The molecule has 0 aliphatic carbocycles. The van der Waals surface area contributed by atoms with Crippen LogP contribution in [0.25, 0.3) is 38.2 Å². The second kappa shape index (κ2) is 3.64. The fourth-order valence-electron chi connectivity index (χ4n) is 3.24. The van der Waals surface area contributed by atoms with Crippen LogP contribution in [0.3, 0.4) is 0 Å². The van der Waals surface area contributed by atoms with E-state index in [1.54, 1.807) is 0 Å². The van der Waals surface area contributed by atoms with Gasteiger partial charge in [-0.1, -0.05) is 30.3 Å². The number of rotatable bonds is 0. The van der Waals surface area contributed by atoms with E-state index in [2.05, 4.69) is 42.5 Å². The molecule has 0 atom stereocenters. The van der Waals surface area contributed by atoms with Crippen LogP contribution in [0.15, 0.2) is 59.1 Å². The van der Waals surface area contributed by atoms with E-state index in [0.717, 1.165) is 33.1 Å². The summed E-state index contributed by atoms with van der Waals surface area (Å²) in [4.78, 5) is 0. The zero-order valence-corrected chi connectivity index (χ0v) is 11.5. The molecule has 0 bridgehead atoms. The topological polar surface area (TPSA) is 30.4 Å². The fraction of sp³-hybridized carbons (Fsp3) is 0.0556. The molecule has 0 fully saturated rings. The molecule has 3 heteroatoms. The number of benzene rings is 2. The quantitative estimate of drug-likeness (QED) is 0.409. The maximum atomic E-state index is 5.94. The summed E-state index contributed by atoms with van der Waals surface area (Å²) in [6.45, 7) is 1.98. The second-order valence-corrected chi connectivity index (χ2v) is 5.40. The maximum Gasteiger partial charge on any atom is 0.144 e. The molecular weight excluding hydrogens is 260 g/mol. The number of nitrogens with zero attached hydrogens (tertiary/aromatic N) is 2. The monoisotopic (exact) mass is 272 g/mol. The molecule has 0 saturated carbocycles. The van der Waals surface area contributed by atoms with E-state index in [0.29, 0.717) is 0 Å². The predicted molar refractivity (Wildman–Crippen MR) is 84.7 cm³/mol. The molecular formula is C18H12N2O. The third-order valence-electron chi connectivity index (χ3n) is 4.09. The van der Waals surface area contributed by atoms with Crippen molar-refractivity contribution < 1.29 is 4.42 Å². The molecule has 0 aliphatic heterocycles. The molecule has 0 aliphatic rings. The lowest BCUT2D eigenvalue weighted by atomic mass is 10.0. The Kier molecular flexibility index (Phi) is 1.89. The van der Waals surface area contributed by atoms with Crippen LogP contribution in [0.4, 0.5) is 0 Å². The van der Waals surface area contributed by atoms with Crippen molar-refractivity contribution in [3.63, 3.8) is 0 Å². The molecule has 3 heterocycles. The summed E-state index contributed by atoms with van der Waals surface area (Å²) in [6, 6.07) is 16.6. The van der Waals surface area contributed by atoms with Crippen LogP contribution in [-0.4, -0.2) is 9.61 Å². The number of hydrogen-bond donors (Lipinski definition) is 0. The molecule has 3 aromatic heterocycles. The van der Waals surface area contributed by atoms with Crippen molar-refractivity contribution in [2.75, 3.05) is 0 Å². The van der Waals surface area contributed by atoms with E-state index in [1.165, 1.54) is 10.8 Å². The standard InChI is InChI=1S/C18H12N2O/c1-11-10-14-17-16(15-8-4-5-9-20(15)19-17)12-6-2-3-7-13(12)18(14)21-11/h2-10H,1H3. The van der Waals surface area contributed by atoms with Crippen molar-refractivity contribution in [1.82, 2.24) is 9.61 Å². The van der Waals surface area contributed by atoms with E-state index < -0.39 is 0 Å². The van der Waals surface area contributed by atoms with Gasteiger partial charge in [0.2, 0.25) is 0 Å². The Balaban J connectivity index is 2.24. The summed E-state index contributed by atoms with van der Waals surface area (Å²) in [6.07, 6.45) is 1.99. The molecule has 0 saturated heterocycles. The van der Waals surface area contributed by atoms with Crippen molar-refractivity contribution >= 4 is 38.2 Å². The van der Waals surface area contributed by atoms with Gasteiger partial charge in [-0.3, -0.25) is 0 Å². The number of aromatic nitrogens is 2. The van der Waals surface area contributed by atoms with Crippen LogP contribution >= 0.6 is 0 Å². The van der Waals surface area contributed by atoms with Crippen molar-refractivity contribution in [3.05, 3.63) is 60.5 Å². The third-order valence-corrected chi connectivity index (χ3v) is 4.09. The van der Waals surface area contributed by atoms with Gasteiger partial charge in [-0.15, -0.1) is 0 Å². The Morgan fingerprint density at radius 3 is 2.67 bits per heavy atom. The van der Waals surface area contributed by atoms with E-state index >= 15 is 0 Å². The van der Waals surface area contributed by atoms with Gasteiger partial charge < -0.3 is 4.42 Å². The van der Waals surface area contributed by atoms with Crippen LogP contribution in [0, 0.1) is 6.92 Å². The number of aryl methyl sites for hydroxylation is 1. The highest BCUT2D eigenvalue weighted by atomic mass is 16.3. The van der Waals surface area contributed by atoms with Crippen molar-refractivity contribution in [3.8, 4) is 0 Å². The van der Waals surface area contributed by atoms with Crippen molar-refractivity contribution in [2.45, 2.75) is 6.92 Å².